The van der Waals surface area contributed by atoms with Gasteiger partial charge >= 0.3 is 6.03 Å². The van der Waals surface area contributed by atoms with Crippen LogP contribution in [0.5, 0.6) is 5.75 Å². The Balaban J connectivity index is 1.33. The number of rotatable bonds is 10. The average molecular weight is 466 g/mol. The monoisotopic (exact) mass is 465 g/mol. The van der Waals surface area contributed by atoms with Crippen molar-refractivity contribution in [2.24, 2.45) is 5.92 Å². The summed E-state index contributed by atoms with van der Waals surface area (Å²) in [6.45, 7) is 2.06. The molecular formula is C21H24FN3O6S. The predicted molar refractivity (Wildman–Crippen MR) is 113 cm³/mol. The number of oxazole rings is 1. The Labute approximate surface area is 184 Å². The third kappa shape index (κ3) is 5.45. The van der Waals surface area contributed by atoms with E-state index < -0.39 is 27.6 Å². The molecule has 1 saturated carbocycles. The average Bonchev–Trinajstić information content (AvgIpc) is 3.33. The van der Waals surface area contributed by atoms with Crippen molar-refractivity contribution in [3.05, 3.63) is 41.7 Å². The minimum atomic E-state index is -3.48. The first kappa shape index (κ1) is 22.3. The Morgan fingerprint density at radius 3 is 2.81 bits per heavy atom. The van der Waals surface area contributed by atoms with Crippen LogP contribution in [0.2, 0.25) is 0 Å². The highest BCUT2D eigenvalue weighted by Gasteiger charge is 2.31. The van der Waals surface area contributed by atoms with Crippen molar-refractivity contribution >= 4 is 27.7 Å². The SMILES string of the molecule is C[C@@H](CS(=O)(=O)CCc1ncc(N2CC(=O)NC2=O)o1)c1ccc(F)c(OCC2CC2)c1. The normalized spacial score (nSPS) is 17.5. The van der Waals surface area contributed by atoms with Gasteiger partial charge in [-0.1, -0.05) is 13.0 Å². The number of imide groups is 1. The standard InChI is InChI=1S/C21H24FN3O6S/c1-13(15-4-5-16(22)17(8-15)30-11-14-2-3-14)12-32(28,29)7-6-19-23-9-20(31-19)25-10-18(26)24-21(25)27/h4-5,8-9,13-14H,2-3,6-7,10-12H2,1H3,(H,24,26,27)/t13-/m0/s1. The van der Waals surface area contributed by atoms with Gasteiger partial charge in [-0.2, -0.15) is 0 Å². The quantitative estimate of drug-likeness (QED) is 0.535. The number of carbonyl (C=O) groups is 2. The summed E-state index contributed by atoms with van der Waals surface area (Å²) in [6, 6.07) is 3.83. The van der Waals surface area contributed by atoms with Gasteiger partial charge in [0.2, 0.25) is 11.8 Å². The summed E-state index contributed by atoms with van der Waals surface area (Å²) >= 11 is 0. The van der Waals surface area contributed by atoms with Gasteiger partial charge in [0.15, 0.2) is 27.3 Å². The molecule has 0 unspecified atom stereocenters. The molecule has 172 valence electrons. The van der Waals surface area contributed by atoms with Crippen LogP contribution in [-0.4, -0.2) is 50.0 Å². The Morgan fingerprint density at radius 2 is 2.12 bits per heavy atom. The highest BCUT2D eigenvalue weighted by molar-refractivity contribution is 7.91. The first-order chi connectivity index (χ1) is 15.2. The zero-order valence-electron chi connectivity index (χ0n) is 17.5. The van der Waals surface area contributed by atoms with Crippen molar-refractivity contribution in [1.82, 2.24) is 10.3 Å². The van der Waals surface area contributed by atoms with Crippen molar-refractivity contribution in [3.63, 3.8) is 0 Å². The largest absolute Gasteiger partial charge is 0.490 e. The highest BCUT2D eigenvalue weighted by atomic mass is 32.2. The molecule has 0 radical (unpaired) electrons. The maximum atomic E-state index is 14.0. The van der Waals surface area contributed by atoms with Crippen LogP contribution >= 0.6 is 0 Å². The minimum absolute atomic E-state index is 0.0254. The fourth-order valence-corrected chi connectivity index (χ4v) is 5.00. The van der Waals surface area contributed by atoms with Crippen molar-refractivity contribution in [3.8, 4) is 5.75 Å². The van der Waals surface area contributed by atoms with Gasteiger partial charge in [-0.05, 0) is 42.4 Å². The molecule has 9 nitrogen and oxygen atoms in total. The van der Waals surface area contributed by atoms with Crippen LogP contribution in [0.15, 0.2) is 28.8 Å². The number of aromatic nitrogens is 1. The van der Waals surface area contributed by atoms with Gasteiger partial charge in [-0.25, -0.2) is 22.6 Å². The molecule has 0 spiro atoms. The Hall–Kier alpha value is -2.95. The van der Waals surface area contributed by atoms with E-state index in [-0.39, 0.29) is 47.9 Å². The number of carbonyl (C=O) groups excluding carboxylic acids is 2. The number of ether oxygens (including phenoxy) is 1. The van der Waals surface area contributed by atoms with Gasteiger partial charge in [0.1, 0.15) is 6.54 Å². The van der Waals surface area contributed by atoms with Crippen LogP contribution < -0.4 is 15.0 Å². The lowest BCUT2D eigenvalue weighted by molar-refractivity contribution is -0.117. The summed E-state index contributed by atoms with van der Waals surface area (Å²) < 4.78 is 50.2. The number of anilines is 1. The van der Waals surface area contributed by atoms with E-state index in [2.05, 4.69) is 10.3 Å². The van der Waals surface area contributed by atoms with E-state index in [1.54, 1.807) is 19.1 Å². The number of hydrogen-bond acceptors (Lipinski definition) is 7. The van der Waals surface area contributed by atoms with Gasteiger partial charge in [0, 0.05) is 6.42 Å². The van der Waals surface area contributed by atoms with Crippen LogP contribution in [0.25, 0.3) is 0 Å². The van der Waals surface area contributed by atoms with Gasteiger partial charge < -0.3 is 9.15 Å². The van der Waals surface area contributed by atoms with Crippen molar-refractivity contribution in [2.45, 2.75) is 32.1 Å². The summed E-state index contributed by atoms with van der Waals surface area (Å²) in [4.78, 5) is 28.0. The first-order valence-electron chi connectivity index (χ1n) is 10.4. The molecular weight excluding hydrogens is 441 g/mol. The molecule has 32 heavy (non-hydrogen) atoms. The van der Waals surface area contributed by atoms with Crippen molar-refractivity contribution in [2.75, 3.05) is 29.6 Å². The van der Waals surface area contributed by atoms with Crippen LogP contribution in [0.3, 0.4) is 0 Å². The van der Waals surface area contributed by atoms with Crippen LogP contribution in [0, 0.1) is 11.7 Å². The van der Waals surface area contributed by atoms with Gasteiger partial charge in [-0.3, -0.25) is 15.0 Å². The number of nitrogens with zero attached hydrogens (tertiary/aromatic N) is 2. The fourth-order valence-electron chi connectivity index (χ4n) is 3.39. The molecule has 2 heterocycles. The summed E-state index contributed by atoms with van der Waals surface area (Å²) in [5.41, 5.74) is 0.684. The second-order valence-electron chi connectivity index (χ2n) is 8.24. The smallest absolute Gasteiger partial charge is 0.331 e. The maximum absolute atomic E-state index is 14.0. The molecule has 1 atom stereocenters. The van der Waals surface area contributed by atoms with Gasteiger partial charge in [0.05, 0.1) is 24.3 Å². The van der Waals surface area contributed by atoms with E-state index >= 15 is 0 Å². The predicted octanol–water partition coefficient (Wildman–Crippen LogP) is 2.42. The molecule has 1 aromatic heterocycles. The molecule has 0 bridgehead atoms. The topological polar surface area (TPSA) is 119 Å². The molecule has 2 aliphatic rings. The lowest BCUT2D eigenvalue weighted by Crippen LogP contribution is -2.27. The Morgan fingerprint density at radius 1 is 1.34 bits per heavy atom. The van der Waals surface area contributed by atoms with E-state index in [9.17, 15) is 22.4 Å². The van der Waals surface area contributed by atoms with E-state index in [0.29, 0.717) is 18.1 Å². The summed E-state index contributed by atoms with van der Waals surface area (Å²) in [7, 11) is -3.48. The molecule has 2 aromatic rings. The third-order valence-electron chi connectivity index (χ3n) is 5.43. The lowest BCUT2D eigenvalue weighted by atomic mass is 10.0. The molecule has 1 N–H and O–H groups in total. The molecule has 3 amide bonds. The number of urea groups is 1. The number of benzene rings is 1. The van der Waals surface area contributed by atoms with Crippen LogP contribution in [-0.2, 0) is 21.1 Å². The van der Waals surface area contributed by atoms with Crippen molar-refractivity contribution < 1.29 is 31.6 Å². The number of hydrogen-bond donors (Lipinski definition) is 1. The molecule has 1 saturated heterocycles. The first-order valence-corrected chi connectivity index (χ1v) is 12.2. The van der Waals surface area contributed by atoms with Crippen LogP contribution in [0.1, 0.15) is 37.1 Å². The highest BCUT2D eigenvalue weighted by Crippen LogP contribution is 2.31. The number of sulfone groups is 1. The zero-order chi connectivity index (χ0) is 22.9. The van der Waals surface area contributed by atoms with E-state index in [0.717, 1.165) is 17.7 Å². The van der Waals surface area contributed by atoms with Gasteiger partial charge in [0.25, 0.3) is 0 Å². The van der Waals surface area contributed by atoms with E-state index in [1.165, 1.54) is 12.3 Å². The molecule has 4 rings (SSSR count). The third-order valence-corrected chi connectivity index (χ3v) is 7.26. The second kappa shape index (κ2) is 8.89. The van der Waals surface area contributed by atoms with Crippen molar-refractivity contribution in [1.29, 1.82) is 0 Å². The van der Waals surface area contributed by atoms with Gasteiger partial charge in [-0.15, -0.1) is 0 Å². The summed E-state index contributed by atoms with van der Waals surface area (Å²) in [6.07, 6.45) is 3.48. The minimum Gasteiger partial charge on any atom is -0.490 e. The van der Waals surface area contributed by atoms with E-state index in [1.807, 2.05) is 0 Å². The lowest BCUT2D eigenvalue weighted by Gasteiger charge is -2.14. The van der Waals surface area contributed by atoms with E-state index in [4.69, 9.17) is 9.15 Å². The number of nitrogens with one attached hydrogen (secondary N) is 1. The fraction of sp³-hybridized carbons (Fsp3) is 0.476. The number of amides is 3. The molecule has 1 aliphatic carbocycles. The Bertz CT molecular complexity index is 1130. The summed E-state index contributed by atoms with van der Waals surface area (Å²) in [5, 5.41) is 2.12. The molecule has 11 heteroatoms. The Kier molecular flexibility index (Phi) is 6.18. The van der Waals surface area contributed by atoms with Crippen LogP contribution in [0.4, 0.5) is 15.1 Å². The number of aryl methyl sites for hydroxylation is 1. The second-order valence-corrected chi connectivity index (χ2v) is 10.5. The molecule has 2 fully saturated rings. The molecule has 1 aliphatic heterocycles. The maximum Gasteiger partial charge on any atom is 0.331 e. The zero-order valence-corrected chi connectivity index (χ0v) is 18.4. The molecule has 1 aromatic carbocycles. The number of halogens is 1. The summed E-state index contributed by atoms with van der Waals surface area (Å²) in [5.74, 6) is -0.735.